The van der Waals surface area contributed by atoms with Crippen LogP contribution in [0.4, 0.5) is 0 Å². The standard InChI is InChI=1S/C11H12O2/c1-4-9-5-6-11(13-3)10(7-9)8(2)12/h4-7H,1H2,2-3H3. The highest BCUT2D eigenvalue weighted by Gasteiger charge is 2.07. The quantitative estimate of drug-likeness (QED) is 0.661. The van der Waals surface area contributed by atoms with Crippen molar-refractivity contribution >= 4 is 11.9 Å². The van der Waals surface area contributed by atoms with E-state index in [1.807, 2.05) is 6.07 Å². The van der Waals surface area contributed by atoms with Crippen molar-refractivity contribution in [1.82, 2.24) is 0 Å². The summed E-state index contributed by atoms with van der Waals surface area (Å²) in [5, 5.41) is 0. The number of carbonyl (C=O) groups is 1. The Kier molecular flexibility index (Phi) is 2.85. The maximum atomic E-state index is 11.2. The van der Waals surface area contributed by atoms with Crippen LogP contribution in [0.2, 0.25) is 0 Å². The summed E-state index contributed by atoms with van der Waals surface area (Å²) in [4.78, 5) is 11.2. The van der Waals surface area contributed by atoms with Gasteiger partial charge < -0.3 is 4.74 Å². The van der Waals surface area contributed by atoms with Crippen LogP contribution in [0.15, 0.2) is 24.8 Å². The van der Waals surface area contributed by atoms with E-state index in [-0.39, 0.29) is 5.78 Å². The Morgan fingerprint density at radius 2 is 2.23 bits per heavy atom. The third kappa shape index (κ3) is 1.96. The van der Waals surface area contributed by atoms with E-state index in [0.29, 0.717) is 11.3 Å². The second-order valence-electron chi connectivity index (χ2n) is 2.72. The third-order valence-electron chi connectivity index (χ3n) is 1.84. The van der Waals surface area contributed by atoms with Gasteiger partial charge in [0.05, 0.1) is 12.7 Å². The van der Waals surface area contributed by atoms with Crippen LogP contribution in [-0.4, -0.2) is 12.9 Å². The number of ketones is 1. The minimum absolute atomic E-state index is 0.000509. The van der Waals surface area contributed by atoms with Crippen LogP contribution in [-0.2, 0) is 0 Å². The second-order valence-corrected chi connectivity index (χ2v) is 2.72. The average molecular weight is 176 g/mol. The van der Waals surface area contributed by atoms with Crippen molar-refractivity contribution in [2.45, 2.75) is 6.92 Å². The van der Waals surface area contributed by atoms with Crippen molar-refractivity contribution in [1.29, 1.82) is 0 Å². The van der Waals surface area contributed by atoms with E-state index in [0.717, 1.165) is 5.56 Å². The normalized spacial score (nSPS) is 9.38. The number of Topliss-reactive ketones (excluding diaryl/α,β-unsaturated/α-hetero) is 1. The first-order valence-corrected chi connectivity index (χ1v) is 4.00. The van der Waals surface area contributed by atoms with Crippen LogP contribution < -0.4 is 4.74 Å². The first-order chi connectivity index (χ1) is 6.19. The van der Waals surface area contributed by atoms with Crippen molar-refractivity contribution in [2.24, 2.45) is 0 Å². The van der Waals surface area contributed by atoms with Gasteiger partial charge in [0.1, 0.15) is 5.75 Å². The second kappa shape index (κ2) is 3.90. The van der Waals surface area contributed by atoms with Crippen LogP contribution in [0.25, 0.3) is 6.08 Å². The average Bonchev–Trinajstić information content (AvgIpc) is 2.16. The third-order valence-corrected chi connectivity index (χ3v) is 1.84. The zero-order chi connectivity index (χ0) is 9.84. The van der Waals surface area contributed by atoms with Gasteiger partial charge in [0.15, 0.2) is 5.78 Å². The van der Waals surface area contributed by atoms with Crippen LogP contribution >= 0.6 is 0 Å². The number of ether oxygens (including phenoxy) is 1. The Hall–Kier alpha value is -1.57. The molecule has 1 aromatic carbocycles. The lowest BCUT2D eigenvalue weighted by atomic mass is 10.1. The number of benzene rings is 1. The fourth-order valence-corrected chi connectivity index (χ4v) is 1.13. The van der Waals surface area contributed by atoms with Crippen LogP contribution in [0, 0.1) is 0 Å². The van der Waals surface area contributed by atoms with Gasteiger partial charge in [0.25, 0.3) is 0 Å². The highest BCUT2D eigenvalue weighted by molar-refractivity contribution is 5.97. The molecule has 1 rings (SSSR count). The Balaban J connectivity index is 3.25. The van der Waals surface area contributed by atoms with Crippen molar-refractivity contribution in [3.63, 3.8) is 0 Å². The lowest BCUT2D eigenvalue weighted by Gasteiger charge is -2.05. The monoisotopic (exact) mass is 176 g/mol. The molecule has 0 amide bonds. The predicted octanol–water partition coefficient (Wildman–Crippen LogP) is 2.54. The molecule has 2 heteroatoms. The molecule has 0 aliphatic carbocycles. The summed E-state index contributed by atoms with van der Waals surface area (Å²) in [6, 6.07) is 5.40. The molecule has 0 bridgehead atoms. The molecule has 68 valence electrons. The van der Waals surface area contributed by atoms with E-state index in [4.69, 9.17) is 4.74 Å². The first kappa shape index (κ1) is 9.52. The van der Waals surface area contributed by atoms with Gasteiger partial charge in [0, 0.05) is 0 Å². The lowest BCUT2D eigenvalue weighted by Crippen LogP contribution is -1.97. The largest absolute Gasteiger partial charge is 0.496 e. The molecular formula is C11H12O2. The molecule has 0 aliphatic rings. The van der Waals surface area contributed by atoms with Crippen molar-refractivity contribution < 1.29 is 9.53 Å². The number of carbonyl (C=O) groups excluding carboxylic acids is 1. The van der Waals surface area contributed by atoms with Crippen LogP contribution in [0.1, 0.15) is 22.8 Å². The van der Waals surface area contributed by atoms with Gasteiger partial charge >= 0.3 is 0 Å². The summed E-state index contributed by atoms with van der Waals surface area (Å²) >= 11 is 0. The van der Waals surface area contributed by atoms with E-state index in [1.54, 1.807) is 25.3 Å². The van der Waals surface area contributed by atoms with Crippen molar-refractivity contribution in [3.05, 3.63) is 35.9 Å². The van der Waals surface area contributed by atoms with Gasteiger partial charge in [-0.2, -0.15) is 0 Å². The molecule has 0 aliphatic heterocycles. The molecule has 0 fully saturated rings. The summed E-state index contributed by atoms with van der Waals surface area (Å²) < 4.78 is 5.05. The maximum Gasteiger partial charge on any atom is 0.163 e. The minimum Gasteiger partial charge on any atom is -0.496 e. The number of hydrogen-bond donors (Lipinski definition) is 0. The van der Waals surface area contributed by atoms with Gasteiger partial charge in [-0.1, -0.05) is 18.7 Å². The summed E-state index contributed by atoms with van der Waals surface area (Å²) in [6.45, 7) is 5.15. The van der Waals surface area contributed by atoms with E-state index in [2.05, 4.69) is 6.58 Å². The number of hydrogen-bond acceptors (Lipinski definition) is 2. The molecule has 0 heterocycles. The SMILES string of the molecule is C=Cc1ccc(OC)c(C(C)=O)c1. The molecule has 1 aromatic rings. The van der Waals surface area contributed by atoms with E-state index < -0.39 is 0 Å². The van der Waals surface area contributed by atoms with E-state index in [9.17, 15) is 4.79 Å². The van der Waals surface area contributed by atoms with E-state index in [1.165, 1.54) is 6.92 Å². The molecule has 0 N–H and O–H groups in total. The highest BCUT2D eigenvalue weighted by Crippen LogP contribution is 2.20. The fourth-order valence-electron chi connectivity index (χ4n) is 1.13. The Labute approximate surface area is 77.8 Å². The first-order valence-electron chi connectivity index (χ1n) is 4.00. The summed E-state index contributed by atoms with van der Waals surface area (Å²) in [6.07, 6.45) is 1.70. The van der Waals surface area contributed by atoms with Crippen molar-refractivity contribution in [3.8, 4) is 5.75 Å². The Morgan fingerprint density at radius 3 is 2.69 bits per heavy atom. The lowest BCUT2D eigenvalue weighted by molar-refractivity contribution is 0.101. The highest BCUT2D eigenvalue weighted by atomic mass is 16.5. The molecule has 0 atom stereocenters. The molecule has 0 spiro atoms. The molecule has 0 saturated carbocycles. The smallest absolute Gasteiger partial charge is 0.163 e. The topological polar surface area (TPSA) is 26.3 Å². The fraction of sp³-hybridized carbons (Fsp3) is 0.182. The number of methoxy groups -OCH3 is 1. The van der Waals surface area contributed by atoms with Crippen LogP contribution in [0.3, 0.4) is 0 Å². The van der Waals surface area contributed by atoms with Crippen molar-refractivity contribution in [2.75, 3.05) is 7.11 Å². The van der Waals surface area contributed by atoms with Gasteiger partial charge in [-0.25, -0.2) is 0 Å². The Morgan fingerprint density at radius 1 is 1.54 bits per heavy atom. The van der Waals surface area contributed by atoms with Gasteiger partial charge in [-0.05, 0) is 24.6 Å². The molecular weight excluding hydrogens is 164 g/mol. The zero-order valence-electron chi connectivity index (χ0n) is 7.83. The molecule has 0 aromatic heterocycles. The zero-order valence-corrected chi connectivity index (χ0v) is 7.83. The molecule has 13 heavy (non-hydrogen) atoms. The van der Waals surface area contributed by atoms with Gasteiger partial charge in [-0.3, -0.25) is 4.79 Å². The molecule has 0 unspecified atom stereocenters. The molecule has 0 saturated heterocycles. The maximum absolute atomic E-state index is 11.2. The summed E-state index contributed by atoms with van der Waals surface area (Å²) in [5.41, 5.74) is 1.52. The van der Waals surface area contributed by atoms with Gasteiger partial charge in [0.2, 0.25) is 0 Å². The summed E-state index contributed by atoms with van der Waals surface area (Å²) in [7, 11) is 1.55. The van der Waals surface area contributed by atoms with E-state index >= 15 is 0 Å². The Bertz CT molecular complexity index is 340. The van der Waals surface area contributed by atoms with Gasteiger partial charge in [-0.15, -0.1) is 0 Å². The minimum atomic E-state index is 0.000509. The predicted molar refractivity (Wildman–Crippen MR) is 53.1 cm³/mol. The molecule has 0 radical (unpaired) electrons. The molecule has 2 nitrogen and oxygen atoms in total. The van der Waals surface area contributed by atoms with Crippen LogP contribution in [0.5, 0.6) is 5.75 Å². The summed E-state index contributed by atoms with van der Waals surface area (Å²) in [5.74, 6) is 0.610. The number of rotatable bonds is 3.